The summed E-state index contributed by atoms with van der Waals surface area (Å²) in [5.41, 5.74) is 2.95. The van der Waals surface area contributed by atoms with Crippen molar-refractivity contribution in [2.45, 2.75) is 31.7 Å². The second kappa shape index (κ2) is 6.48. The van der Waals surface area contributed by atoms with Gasteiger partial charge in [0, 0.05) is 36.2 Å². The second-order valence-corrected chi connectivity index (χ2v) is 6.42. The van der Waals surface area contributed by atoms with Gasteiger partial charge in [0.2, 0.25) is 0 Å². The lowest BCUT2D eigenvalue weighted by atomic mass is 10.0. The lowest BCUT2D eigenvalue weighted by Crippen LogP contribution is -2.34. The number of hydrogen-bond donors (Lipinski definition) is 1. The molecule has 0 spiro atoms. The van der Waals surface area contributed by atoms with Crippen molar-refractivity contribution < 1.29 is 4.79 Å². The average Bonchev–Trinajstić information content (AvgIpc) is 2.96. The number of aromatic amines is 1. The maximum atomic E-state index is 13.2. The number of benzene rings is 1. The first kappa shape index (κ1) is 14.9. The summed E-state index contributed by atoms with van der Waals surface area (Å²) >= 11 is 0. The van der Waals surface area contributed by atoms with Gasteiger partial charge in [-0.3, -0.25) is 9.78 Å². The van der Waals surface area contributed by atoms with Crippen molar-refractivity contribution in [3.8, 4) is 0 Å². The molecule has 1 aromatic carbocycles. The number of hydrogen-bond acceptors (Lipinski definition) is 2. The summed E-state index contributed by atoms with van der Waals surface area (Å²) in [5, 5.41) is 1.13. The van der Waals surface area contributed by atoms with E-state index in [2.05, 4.69) is 9.97 Å². The van der Waals surface area contributed by atoms with Gasteiger partial charge in [-0.05, 0) is 54.1 Å². The largest absolute Gasteiger partial charge is 0.361 e. The predicted molar refractivity (Wildman–Crippen MR) is 94.8 cm³/mol. The van der Waals surface area contributed by atoms with Crippen molar-refractivity contribution in [2.24, 2.45) is 0 Å². The number of rotatable bonds is 2. The highest BCUT2D eigenvalue weighted by Crippen LogP contribution is 2.31. The van der Waals surface area contributed by atoms with Crippen molar-refractivity contribution in [1.82, 2.24) is 14.9 Å². The zero-order chi connectivity index (χ0) is 16.4. The van der Waals surface area contributed by atoms with Crippen LogP contribution in [0.15, 0.2) is 55.0 Å². The van der Waals surface area contributed by atoms with Crippen molar-refractivity contribution in [2.75, 3.05) is 6.54 Å². The van der Waals surface area contributed by atoms with E-state index in [1.54, 1.807) is 0 Å². The smallest absolute Gasteiger partial charge is 0.254 e. The number of carbonyl (C=O) groups excluding carboxylic acids is 1. The molecule has 2 aromatic heterocycles. The van der Waals surface area contributed by atoms with E-state index < -0.39 is 0 Å². The number of aromatic nitrogens is 2. The van der Waals surface area contributed by atoms with Crippen LogP contribution in [0.25, 0.3) is 10.9 Å². The first-order valence-corrected chi connectivity index (χ1v) is 8.61. The Morgan fingerprint density at radius 2 is 1.96 bits per heavy atom. The zero-order valence-electron chi connectivity index (χ0n) is 13.6. The van der Waals surface area contributed by atoms with E-state index in [1.807, 2.05) is 59.9 Å². The van der Waals surface area contributed by atoms with Crippen LogP contribution < -0.4 is 0 Å². The quantitative estimate of drug-likeness (QED) is 0.764. The molecule has 1 N–H and O–H groups in total. The minimum absolute atomic E-state index is 0.121. The molecule has 0 bridgehead atoms. The molecule has 1 aliphatic heterocycles. The first-order valence-electron chi connectivity index (χ1n) is 8.61. The standard InChI is InChI=1S/C20H21N3O/c24-20(17-6-5-15-9-12-22-18(15)14-17)23-13-3-1-2-4-19(23)16-7-10-21-11-8-16/h5-12,14,19,22H,1-4,13H2. The molecule has 0 aliphatic carbocycles. The Hall–Kier alpha value is -2.62. The lowest BCUT2D eigenvalue weighted by Gasteiger charge is -2.30. The first-order chi connectivity index (χ1) is 11.8. The van der Waals surface area contributed by atoms with Gasteiger partial charge < -0.3 is 9.88 Å². The normalized spacial score (nSPS) is 18.5. The van der Waals surface area contributed by atoms with Crippen LogP contribution in [-0.2, 0) is 0 Å². The van der Waals surface area contributed by atoms with Crippen LogP contribution in [0.5, 0.6) is 0 Å². The molecule has 1 atom stereocenters. The fourth-order valence-corrected chi connectivity index (χ4v) is 3.63. The van der Waals surface area contributed by atoms with Gasteiger partial charge >= 0.3 is 0 Å². The van der Waals surface area contributed by atoms with Crippen molar-refractivity contribution in [3.63, 3.8) is 0 Å². The van der Waals surface area contributed by atoms with Crippen LogP contribution in [0.1, 0.15) is 47.6 Å². The number of nitrogens with zero attached hydrogens (tertiary/aromatic N) is 2. The highest BCUT2D eigenvalue weighted by molar-refractivity contribution is 5.98. The summed E-state index contributed by atoms with van der Waals surface area (Å²) in [6, 6.07) is 12.1. The lowest BCUT2D eigenvalue weighted by molar-refractivity contribution is 0.0681. The van der Waals surface area contributed by atoms with E-state index in [9.17, 15) is 4.79 Å². The minimum atomic E-state index is 0.121. The number of nitrogens with one attached hydrogen (secondary N) is 1. The highest BCUT2D eigenvalue weighted by Gasteiger charge is 2.27. The van der Waals surface area contributed by atoms with Crippen molar-refractivity contribution >= 4 is 16.8 Å². The summed E-state index contributed by atoms with van der Waals surface area (Å²) in [6.07, 6.45) is 9.96. The number of carbonyl (C=O) groups is 1. The third-order valence-corrected chi connectivity index (χ3v) is 4.91. The summed E-state index contributed by atoms with van der Waals surface area (Å²) < 4.78 is 0. The van der Waals surface area contributed by atoms with E-state index in [0.29, 0.717) is 0 Å². The van der Waals surface area contributed by atoms with Crippen LogP contribution >= 0.6 is 0 Å². The Morgan fingerprint density at radius 3 is 2.83 bits per heavy atom. The summed E-state index contributed by atoms with van der Waals surface area (Å²) in [4.78, 5) is 22.6. The summed E-state index contributed by atoms with van der Waals surface area (Å²) in [5.74, 6) is 0.121. The molecule has 1 fully saturated rings. The Bertz CT molecular complexity index is 840. The molecule has 1 amide bonds. The van der Waals surface area contributed by atoms with E-state index >= 15 is 0 Å². The van der Waals surface area contributed by atoms with Gasteiger partial charge in [-0.2, -0.15) is 0 Å². The molecule has 4 nitrogen and oxygen atoms in total. The van der Waals surface area contributed by atoms with E-state index in [-0.39, 0.29) is 11.9 Å². The molecular weight excluding hydrogens is 298 g/mol. The molecule has 4 rings (SSSR count). The molecule has 1 saturated heterocycles. The van der Waals surface area contributed by atoms with Gasteiger partial charge in [0.05, 0.1) is 6.04 Å². The van der Waals surface area contributed by atoms with Crippen molar-refractivity contribution in [1.29, 1.82) is 0 Å². The highest BCUT2D eigenvalue weighted by atomic mass is 16.2. The number of H-pyrrole nitrogens is 1. The fraction of sp³-hybridized carbons (Fsp3) is 0.300. The number of amides is 1. The SMILES string of the molecule is O=C(c1ccc2cc[nH]c2c1)N1CCCCCC1c1ccncc1. The van der Waals surface area contributed by atoms with Crippen LogP contribution in [0.2, 0.25) is 0 Å². The maximum absolute atomic E-state index is 13.2. The molecule has 1 aliphatic rings. The molecule has 0 radical (unpaired) electrons. The average molecular weight is 319 g/mol. The Balaban J connectivity index is 1.68. The van der Waals surface area contributed by atoms with E-state index in [4.69, 9.17) is 0 Å². The van der Waals surface area contributed by atoms with Gasteiger partial charge in [0.1, 0.15) is 0 Å². The fourth-order valence-electron chi connectivity index (χ4n) is 3.63. The van der Waals surface area contributed by atoms with Crippen molar-refractivity contribution in [3.05, 3.63) is 66.1 Å². The number of fused-ring (bicyclic) bond motifs is 1. The van der Waals surface area contributed by atoms with Gasteiger partial charge in [0.25, 0.3) is 5.91 Å². The zero-order valence-corrected chi connectivity index (χ0v) is 13.6. The van der Waals surface area contributed by atoms with Crippen LogP contribution in [0.4, 0.5) is 0 Å². The number of pyridine rings is 1. The predicted octanol–water partition coefficient (Wildman–Crippen LogP) is 4.32. The molecule has 1 unspecified atom stereocenters. The third kappa shape index (κ3) is 2.80. The van der Waals surface area contributed by atoms with Gasteiger partial charge in [-0.15, -0.1) is 0 Å². The molecule has 122 valence electrons. The molecule has 3 aromatic rings. The van der Waals surface area contributed by atoms with Gasteiger partial charge in [0.15, 0.2) is 0 Å². The van der Waals surface area contributed by atoms with Crippen LogP contribution in [0, 0.1) is 0 Å². The van der Waals surface area contributed by atoms with Gasteiger partial charge in [-0.1, -0.05) is 18.9 Å². The summed E-state index contributed by atoms with van der Waals surface area (Å²) in [6.45, 7) is 0.814. The topological polar surface area (TPSA) is 49.0 Å². The summed E-state index contributed by atoms with van der Waals surface area (Å²) in [7, 11) is 0. The van der Waals surface area contributed by atoms with E-state index in [0.717, 1.165) is 42.3 Å². The van der Waals surface area contributed by atoms with Gasteiger partial charge in [-0.25, -0.2) is 0 Å². The Kier molecular flexibility index (Phi) is 4.03. The molecule has 0 saturated carbocycles. The third-order valence-electron chi connectivity index (χ3n) is 4.91. The molecule has 3 heterocycles. The van der Waals surface area contributed by atoms with Crippen LogP contribution in [0.3, 0.4) is 0 Å². The Morgan fingerprint density at radius 1 is 1.08 bits per heavy atom. The molecule has 24 heavy (non-hydrogen) atoms. The molecular formula is C20H21N3O. The minimum Gasteiger partial charge on any atom is -0.361 e. The van der Waals surface area contributed by atoms with Crippen LogP contribution in [-0.4, -0.2) is 27.3 Å². The van der Waals surface area contributed by atoms with E-state index in [1.165, 1.54) is 12.0 Å². The molecule has 4 heteroatoms. The number of likely N-dealkylation sites (tertiary alicyclic amines) is 1. The second-order valence-electron chi connectivity index (χ2n) is 6.42. The Labute approximate surface area is 141 Å². The monoisotopic (exact) mass is 319 g/mol. The maximum Gasteiger partial charge on any atom is 0.254 e.